The van der Waals surface area contributed by atoms with Crippen molar-refractivity contribution in [3.8, 4) is 0 Å². The molecule has 0 bridgehead atoms. The first-order valence-corrected chi connectivity index (χ1v) is 12.5. The second-order valence-corrected chi connectivity index (χ2v) is 9.61. The number of aryl methyl sites for hydroxylation is 1. The van der Waals surface area contributed by atoms with E-state index in [0.29, 0.717) is 22.2 Å². The highest BCUT2D eigenvalue weighted by Crippen LogP contribution is 2.35. The molecule has 3 heterocycles. The van der Waals surface area contributed by atoms with Crippen molar-refractivity contribution in [2.45, 2.75) is 19.5 Å². The second kappa shape index (κ2) is 10.5. The summed E-state index contributed by atoms with van der Waals surface area (Å²) in [6, 6.07) is 10.6. The van der Waals surface area contributed by atoms with Gasteiger partial charge in [-0.25, -0.2) is 9.37 Å². The number of hydrogen-bond acceptors (Lipinski definition) is 9. The fraction of sp³-hybridized carbons (Fsp3) is 0.160. The van der Waals surface area contributed by atoms with Crippen LogP contribution >= 0.6 is 11.5 Å². The molecular formula is C25H24FN9O3S. The van der Waals surface area contributed by atoms with Crippen LogP contribution < -0.4 is 33.0 Å². The summed E-state index contributed by atoms with van der Waals surface area (Å²) in [7, 11) is 0. The lowest BCUT2D eigenvalue weighted by molar-refractivity contribution is -0.123. The number of amides is 3. The third kappa shape index (κ3) is 5.02. The average molecular weight is 550 g/mol. The SMILES string of the molecule is Cc1ccc(F)cc1[C@@H]1NC(=O)Cn2c(C(=O)NC/C(N)=C/NN)nc(NC(=O)c3nsc4ccccc34)c21. The van der Waals surface area contributed by atoms with Crippen LogP contribution in [0, 0.1) is 12.7 Å². The third-order valence-electron chi connectivity index (χ3n) is 6.19. The monoisotopic (exact) mass is 549 g/mol. The number of benzene rings is 2. The quantitative estimate of drug-likeness (QED) is 0.148. The zero-order valence-electron chi connectivity index (χ0n) is 20.6. The number of fused-ring (bicyclic) bond motifs is 2. The van der Waals surface area contributed by atoms with Gasteiger partial charge in [0.1, 0.15) is 18.1 Å². The number of hydrazine groups is 1. The predicted molar refractivity (Wildman–Crippen MR) is 143 cm³/mol. The fourth-order valence-electron chi connectivity index (χ4n) is 4.39. The van der Waals surface area contributed by atoms with E-state index >= 15 is 0 Å². The summed E-state index contributed by atoms with van der Waals surface area (Å²) in [4.78, 5) is 43.7. The number of hydrogen-bond donors (Lipinski definition) is 6. The minimum Gasteiger partial charge on any atom is -0.399 e. The highest BCUT2D eigenvalue weighted by atomic mass is 32.1. The van der Waals surface area contributed by atoms with Crippen molar-refractivity contribution in [1.82, 2.24) is 30.0 Å². The first-order valence-electron chi connectivity index (χ1n) is 11.8. The van der Waals surface area contributed by atoms with Gasteiger partial charge in [-0.3, -0.25) is 20.2 Å². The van der Waals surface area contributed by atoms with Gasteiger partial charge < -0.3 is 31.7 Å². The molecular weight excluding hydrogens is 525 g/mol. The summed E-state index contributed by atoms with van der Waals surface area (Å²) in [6.07, 6.45) is 1.31. The van der Waals surface area contributed by atoms with Crippen LogP contribution in [-0.2, 0) is 11.3 Å². The molecule has 2 aromatic carbocycles. The van der Waals surface area contributed by atoms with E-state index in [-0.39, 0.29) is 36.1 Å². The first-order chi connectivity index (χ1) is 18.8. The van der Waals surface area contributed by atoms with E-state index < -0.39 is 29.6 Å². The van der Waals surface area contributed by atoms with Gasteiger partial charge in [-0.1, -0.05) is 24.3 Å². The van der Waals surface area contributed by atoms with Gasteiger partial charge >= 0.3 is 0 Å². The average Bonchev–Trinajstić information content (AvgIpc) is 3.50. The molecule has 1 aliphatic heterocycles. The predicted octanol–water partition coefficient (Wildman–Crippen LogP) is 1.41. The van der Waals surface area contributed by atoms with Crippen LogP contribution in [0.4, 0.5) is 10.2 Å². The lowest BCUT2D eigenvalue weighted by Gasteiger charge is -2.28. The molecule has 0 aliphatic carbocycles. The number of imidazole rings is 1. The van der Waals surface area contributed by atoms with Crippen molar-refractivity contribution in [3.05, 3.63) is 88.5 Å². The van der Waals surface area contributed by atoms with Gasteiger partial charge in [-0.15, -0.1) is 0 Å². The smallest absolute Gasteiger partial charge is 0.287 e. The Kier molecular flexibility index (Phi) is 6.96. The van der Waals surface area contributed by atoms with E-state index in [1.807, 2.05) is 12.1 Å². The van der Waals surface area contributed by atoms with Gasteiger partial charge in [0.15, 0.2) is 5.82 Å². The van der Waals surface area contributed by atoms with Crippen molar-refractivity contribution < 1.29 is 18.8 Å². The lowest BCUT2D eigenvalue weighted by atomic mass is 9.96. The molecule has 1 atom stereocenters. The molecule has 2 aromatic heterocycles. The zero-order valence-corrected chi connectivity index (χ0v) is 21.4. The van der Waals surface area contributed by atoms with E-state index in [1.54, 1.807) is 25.1 Å². The molecule has 0 spiro atoms. The third-order valence-corrected chi connectivity index (χ3v) is 7.02. The van der Waals surface area contributed by atoms with Gasteiger partial charge in [-0.2, -0.15) is 4.37 Å². The first kappa shape index (κ1) is 25.8. The molecule has 0 saturated heterocycles. The number of carbonyl (C=O) groups is 3. The Morgan fingerprint density at radius 3 is 2.85 bits per heavy atom. The van der Waals surface area contributed by atoms with Crippen molar-refractivity contribution in [2.24, 2.45) is 11.6 Å². The number of anilines is 1. The van der Waals surface area contributed by atoms with Crippen LogP contribution in [0.2, 0.25) is 0 Å². The summed E-state index contributed by atoms with van der Waals surface area (Å²) in [5.41, 5.74) is 9.95. The summed E-state index contributed by atoms with van der Waals surface area (Å²) in [5, 5.41) is 8.87. The summed E-state index contributed by atoms with van der Waals surface area (Å²) in [5.74, 6) is 3.00. The Morgan fingerprint density at radius 1 is 1.26 bits per heavy atom. The number of nitrogens with one attached hydrogen (secondary N) is 4. The molecule has 12 nitrogen and oxygen atoms in total. The number of nitrogens with zero attached hydrogens (tertiary/aromatic N) is 3. The van der Waals surface area contributed by atoms with Crippen LogP contribution in [0.3, 0.4) is 0 Å². The number of nitrogens with two attached hydrogens (primary N) is 2. The molecule has 0 radical (unpaired) electrons. The standard InChI is InChI=1S/C25H24FN9O3S/c1-12-6-7-13(26)8-16(12)19-21-22(33-24(37)20-15-4-2-3-5-17(15)39-34-20)32-23(35(21)11-18(36)31-19)25(38)29-9-14(27)10-30-28/h2-8,10,19,30H,9,11,27-28H2,1H3,(H,29,38)(H,31,36)(H,33,37)/b14-10-/t19-/m0/s1. The van der Waals surface area contributed by atoms with Crippen molar-refractivity contribution in [1.29, 1.82) is 0 Å². The Bertz CT molecular complexity index is 1640. The maximum absolute atomic E-state index is 14.3. The van der Waals surface area contributed by atoms with Gasteiger partial charge in [0.05, 0.1) is 23.0 Å². The van der Waals surface area contributed by atoms with Gasteiger partial charge in [0.2, 0.25) is 11.7 Å². The van der Waals surface area contributed by atoms with Crippen LogP contribution in [0.5, 0.6) is 0 Å². The molecule has 0 saturated carbocycles. The van der Waals surface area contributed by atoms with Crippen molar-refractivity contribution >= 4 is 45.2 Å². The van der Waals surface area contributed by atoms with Crippen LogP contribution in [0.15, 0.2) is 54.4 Å². The number of rotatable bonds is 7. The summed E-state index contributed by atoms with van der Waals surface area (Å²) >= 11 is 1.18. The van der Waals surface area contributed by atoms with Crippen LogP contribution in [0.1, 0.15) is 44.0 Å². The maximum atomic E-state index is 14.3. The molecule has 39 heavy (non-hydrogen) atoms. The molecule has 14 heteroatoms. The Balaban J connectivity index is 1.60. The molecule has 4 aromatic rings. The minimum atomic E-state index is -0.898. The summed E-state index contributed by atoms with van der Waals surface area (Å²) < 4.78 is 20.8. The minimum absolute atomic E-state index is 0.0306. The molecule has 5 rings (SSSR count). The molecule has 8 N–H and O–H groups in total. The van der Waals surface area contributed by atoms with Crippen molar-refractivity contribution in [2.75, 3.05) is 11.9 Å². The van der Waals surface area contributed by atoms with E-state index in [1.165, 1.54) is 34.4 Å². The Hall–Kier alpha value is -4.82. The van der Waals surface area contributed by atoms with Crippen LogP contribution in [0.25, 0.3) is 10.1 Å². The topological polar surface area (TPSA) is 182 Å². The second-order valence-electron chi connectivity index (χ2n) is 8.81. The molecule has 3 amide bonds. The van der Waals surface area contributed by atoms with E-state index in [2.05, 4.69) is 30.7 Å². The van der Waals surface area contributed by atoms with E-state index in [9.17, 15) is 18.8 Å². The highest BCUT2D eigenvalue weighted by Gasteiger charge is 2.36. The lowest BCUT2D eigenvalue weighted by Crippen LogP contribution is -2.41. The molecule has 1 aliphatic rings. The normalized spacial score (nSPS) is 15.0. The molecule has 0 unspecified atom stereocenters. The highest BCUT2D eigenvalue weighted by molar-refractivity contribution is 7.13. The summed E-state index contributed by atoms with van der Waals surface area (Å²) in [6.45, 7) is 1.46. The van der Waals surface area contributed by atoms with Gasteiger partial charge in [0, 0.05) is 17.3 Å². The maximum Gasteiger partial charge on any atom is 0.287 e. The molecule has 0 fully saturated rings. The van der Waals surface area contributed by atoms with Crippen molar-refractivity contribution in [3.63, 3.8) is 0 Å². The number of halogens is 1. The van der Waals surface area contributed by atoms with Gasteiger partial charge in [0.25, 0.3) is 11.8 Å². The zero-order chi connectivity index (χ0) is 27.7. The largest absolute Gasteiger partial charge is 0.399 e. The molecule has 200 valence electrons. The number of carbonyl (C=O) groups excluding carboxylic acids is 3. The van der Waals surface area contributed by atoms with Crippen LogP contribution in [-0.4, -0.2) is 38.2 Å². The van der Waals surface area contributed by atoms with E-state index in [0.717, 1.165) is 4.70 Å². The Labute approximate surface area is 225 Å². The Morgan fingerprint density at radius 2 is 2.05 bits per heavy atom. The fourth-order valence-corrected chi connectivity index (χ4v) is 5.16. The van der Waals surface area contributed by atoms with Gasteiger partial charge in [-0.05, 0) is 47.8 Å². The number of aromatic nitrogens is 3. The van der Waals surface area contributed by atoms with E-state index in [4.69, 9.17) is 11.6 Å².